The van der Waals surface area contributed by atoms with Crippen LogP contribution in [0.5, 0.6) is 0 Å². The first-order valence-corrected chi connectivity index (χ1v) is 7.27. The van der Waals surface area contributed by atoms with Crippen LogP contribution >= 0.6 is 11.3 Å². The van der Waals surface area contributed by atoms with E-state index in [9.17, 15) is 4.39 Å². The van der Waals surface area contributed by atoms with E-state index in [4.69, 9.17) is 0 Å². The van der Waals surface area contributed by atoms with Gasteiger partial charge in [-0.25, -0.2) is 9.37 Å². The van der Waals surface area contributed by atoms with Gasteiger partial charge in [-0.3, -0.25) is 0 Å². The lowest BCUT2D eigenvalue weighted by molar-refractivity contribution is 0.439. The number of thiazole rings is 1. The topological polar surface area (TPSA) is 55.6 Å². The van der Waals surface area contributed by atoms with Crippen LogP contribution in [0.25, 0.3) is 21.0 Å². The van der Waals surface area contributed by atoms with Crippen LogP contribution in [0.1, 0.15) is 18.8 Å². The molecule has 0 radical (unpaired) electrons. The number of benzene rings is 1. The smallest absolute Gasteiger partial charge is 0.193 e. The Morgan fingerprint density at radius 2 is 2.30 bits per heavy atom. The molecule has 3 aromatic rings. The van der Waals surface area contributed by atoms with E-state index in [-0.39, 0.29) is 11.9 Å². The Kier molecular flexibility index (Phi) is 2.58. The van der Waals surface area contributed by atoms with Crippen LogP contribution in [-0.4, -0.2) is 26.3 Å². The Bertz CT molecular complexity index is 793. The molecule has 1 atom stereocenters. The van der Waals surface area contributed by atoms with E-state index in [1.54, 1.807) is 6.07 Å². The monoisotopic (exact) mass is 289 g/mol. The summed E-state index contributed by atoms with van der Waals surface area (Å²) in [6.45, 7) is 3.78. The van der Waals surface area contributed by atoms with Gasteiger partial charge in [0.15, 0.2) is 10.8 Å². The van der Waals surface area contributed by atoms with Gasteiger partial charge in [-0.2, -0.15) is 0 Å². The minimum absolute atomic E-state index is 0.192. The summed E-state index contributed by atoms with van der Waals surface area (Å²) in [4.78, 5) is 4.54. The van der Waals surface area contributed by atoms with Gasteiger partial charge in [0.2, 0.25) is 0 Å². The van der Waals surface area contributed by atoms with Gasteiger partial charge in [-0.15, -0.1) is 21.5 Å². The van der Waals surface area contributed by atoms with Crippen molar-refractivity contribution in [3.8, 4) is 10.8 Å². The summed E-state index contributed by atoms with van der Waals surface area (Å²) >= 11 is 1.45. The molecule has 0 spiro atoms. The number of hydrogen-bond acceptors (Lipinski definition) is 5. The lowest BCUT2D eigenvalue weighted by atomic mass is 10.2. The van der Waals surface area contributed by atoms with Crippen LogP contribution in [0, 0.1) is 5.82 Å². The third-order valence-electron chi connectivity index (χ3n) is 3.49. The van der Waals surface area contributed by atoms with E-state index >= 15 is 0 Å². The number of halogens is 1. The molecule has 1 N–H and O–H groups in total. The van der Waals surface area contributed by atoms with Gasteiger partial charge in [0.05, 0.1) is 16.3 Å². The Hall–Kier alpha value is -1.86. The Morgan fingerprint density at radius 1 is 1.40 bits per heavy atom. The van der Waals surface area contributed by atoms with E-state index in [1.165, 1.54) is 23.5 Å². The van der Waals surface area contributed by atoms with Crippen LogP contribution in [0.2, 0.25) is 0 Å². The summed E-state index contributed by atoms with van der Waals surface area (Å²) < 4.78 is 16.2. The molecule has 0 bridgehead atoms. The Balaban J connectivity index is 1.87. The van der Waals surface area contributed by atoms with Crippen molar-refractivity contribution in [1.82, 2.24) is 25.1 Å². The number of nitrogens with zero attached hydrogens (tertiary/aromatic N) is 4. The predicted molar refractivity (Wildman–Crippen MR) is 75.0 cm³/mol. The molecule has 1 aromatic carbocycles. The second-order valence-electron chi connectivity index (χ2n) is 4.84. The first-order chi connectivity index (χ1) is 9.72. The standard InChI is InChI=1S/C13H12FN5S/c1-7-11-17-18-12(19(11)5-4-15-7)13-16-9-3-2-8(14)6-10(9)20-13/h2-3,6-7,15H,4-5H2,1H3/t7-/m1/s1. The highest BCUT2D eigenvalue weighted by Crippen LogP contribution is 2.31. The van der Waals surface area contributed by atoms with Crippen LogP contribution in [0.3, 0.4) is 0 Å². The highest BCUT2D eigenvalue weighted by atomic mass is 32.1. The lowest BCUT2D eigenvalue weighted by Gasteiger charge is -2.21. The molecule has 0 fully saturated rings. The first-order valence-electron chi connectivity index (χ1n) is 6.45. The van der Waals surface area contributed by atoms with E-state index in [1.807, 2.05) is 0 Å². The number of hydrogen-bond donors (Lipinski definition) is 1. The molecule has 1 aliphatic rings. The van der Waals surface area contributed by atoms with E-state index in [0.717, 1.165) is 40.0 Å². The maximum atomic E-state index is 13.3. The molecule has 0 saturated heterocycles. The molecule has 7 heteroatoms. The average Bonchev–Trinajstić information content (AvgIpc) is 3.01. The van der Waals surface area contributed by atoms with E-state index in [0.29, 0.717) is 0 Å². The van der Waals surface area contributed by atoms with Crippen molar-refractivity contribution < 1.29 is 4.39 Å². The first kappa shape index (κ1) is 11.9. The zero-order valence-electron chi connectivity index (χ0n) is 10.8. The van der Waals surface area contributed by atoms with Crippen molar-refractivity contribution in [1.29, 1.82) is 0 Å². The summed E-state index contributed by atoms with van der Waals surface area (Å²) in [5.41, 5.74) is 0.797. The fourth-order valence-electron chi connectivity index (χ4n) is 2.49. The molecule has 1 aliphatic heterocycles. The van der Waals surface area contributed by atoms with Gasteiger partial charge in [-0.05, 0) is 25.1 Å². The zero-order valence-corrected chi connectivity index (χ0v) is 11.6. The van der Waals surface area contributed by atoms with E-state index in [2.05, 4.69) is 32.0 Å². The SMILES string of the molecule is C[C@H]1NCCn2c(-c3nc4ccc(F)cc4s3)nnc21. The Labute approximate surface area is 118 Å². The highest BCUT2D eigenvalue weighted by Gasteiger charge is 2.23. The molecule has 0 aliphatic carbocycles. The van der Waals surface area contributed by atoms with Gasteiger partial charge in [0, 0.05) is 13.1 Å². The molecule has 0 amide bonds. The molecule has 2 aromatic heterocycles. The van der Waals surface area contributed by atoms with Crippen molar-refractivity contribution in [3.63, 3.8) is 0 Å². The second-order valence-corrected chi connectivity index (χ2v) is 5.87. The van der Waals surface area contributed by atoms with Crippen LogP contribution < -0.4 is 5.32 Å². The van der Waals surface area contributed by atoms with Gasteiger partial charge in [0.25, 0.3) is 0 Å². The number of fused-ring (bicyclic) bond motifs is 2. The summed E-state index contributed by atoms with van der Waals surface area (Å²) in [7, 11) is 0. The molecule has 0 unspecified atom stereocenters. The van der Waals surface area contributed by atoms with Crippen LogP contribution in [-0.2, 0) is 6.54 Å². The van der Waals surface area contributed by atoms with Gasteiger partial charge >= 0.3 is 0 Å². The predicted octanol–water partition coefficient (Wildman–Crippen LogP) is 2.36. The molecule has 4 rings (SSSR count). The summed E-state index contributed by atoms with van der Waals surface area (Å²) in [5, 5.41) is 12.6. The van der Waals surface area contributed by atoms with Gasteiger partial charge in [0.1, 0.15) is 11.6 Å². The fourth-order valence-corrected chi connectivity index (χ4v) is 3.48. The largest absolute Gasteiger partial charge is 0.306 e. The summed E-state index contributed by atoms with van der Waals surface area (Å²) in [6.07, 6.45) is 0. The molecule has 0 saturated carbocycles. The minimum atomic E-state index is -0.242. The lowest BCUT2D eigenvalue weighted by Crippen LogP contribution is -2.32. The quantitative estimate of drug-likeness (QED) is 0.747. The maximum absolute atomic E-state index is 13.3. The average molecular weight is 289 g/mol. The van der Waals surface area contributed by atoms with Crippen LogP contribution in [0.15, 0.2) is 18.2 Å². The molecule has 102 valence electrons. The number of nitrogens with one attached hydrogen (secondary N) is 1. The summed E-state index contributed by atoms with van der Waals surface area (Å²) in [6, 6.07) is 4.82. The summed E-state index contributed by atoms with van der Waals surface area (Å²) in [5.74, 6) is 1.46. The fraction of sp³-hybridized carbons (Fsp3) is 0.308. The molecule has 3 heterocycles. The van der Waals surface area contributed by atoms with Crippen molar-refractivity contribution in [3.05, 3.63) is 29.8 Å². The molecule has 20 heavy (non-hydrogen) atoms. The van der Waals surface area contributed by atoms with E-state index < -0.39 is 0 Å². The zero-order chi connectivity index (χ0) is 13.7. The van der Waals surface area contributed by atoms with Crippen molar-refractivity contribution in [2.24, 2.45) is 0 Å². The number of aromatic nitrogens is 4. The van der Waals surface area contributed by atoms with Gasteiger partial charge in [-0.1, -0.05) is 0 Å². The normalized spacial score (nSPS) is 18.4. The van der Waals surface area contributed by atoms with Crippen LogP contribution in [0.4, 0.5) is 4.39 Å². The molecular formula is C13H12FN5S. The minimum Gasteiger partial charge on any atom is -0.306 e. The third kappa shape index (κ3) is 1.74. The van der Waals surface area contributed by atoms with Crippen molar-refractivity contribution >= 4 is 21.6 Å². The Morgan fingerprint density at radius 3 is 3.20 bits per heavy atom. The van der Waals surface area contributed by atoms with Gasteiger partial charge < -0.3 is 9.88 Å². The highest BCUT2D eigenvalue weighted by molar-refractivity contribution is 7.21. The molecule has 5 nitrogen and oxygen atoms in total. The number of rotatable bonds is 1. The van der Waals surface area contributed by atoms with Crippen molar-refractivity contribution in [2.45, 2.75) is 19.5 Å². The third-order valence-corrected chi connectivity index (χ3v) is 4.51. The molecular weight excluding hydrogens is 277 g/mol. The maximum Gasteiger partial charge on any atom is 0.193 e. The van der Waals surface area contributed by atoms with Crippen molar-refractivity contribution in [2.75, 3.05) is 6.54 Å². The second kappa shape index (κ2) is 4.32.